The Kier molecular flexibility index (Phi) is 7.91. The van der Waals surface area contributed by atoms with E-state index in [9.17, 15) is 4.79 Å². The molecular weight excluding hydrogens is 273 g/mol. The molecule has 0 bridgehead atoms. The van der Waals surface area contributed by atoms with Gasteiger partial charge >= 0.3 is 0 Å². The minimum Gasteiger partial charge on any atom is -0.309 e. The van der Waals surface area contributed by atoms with Crippen molar-refractivity contribution in [1.29, 1.82) is 0 Å². The lowest BCUT2D eigenvalue weighted by atomic mass is 10.0. The molecule has 0 unspecified atom stereocenters. The number of nitrogens with one attached hydrogen (secondary N) is 2. The molecule has 1 aromatic rings. The van der Waals surface area contributed by atoms with Gasteiger partial charge in [0.2, 0.25) is 5.91 Å². The monoisotopic (exact) mass is 291 g/mol. The number of halogens is 2. The van der Waals surface area contributed by atoms with Gasteiger partial charge in [0, 0.05) is 5.69 Å². The number of carbonyl (C=O) groups excluding carboxylic acids is 1. The molecule has 0 aromatic carbocycles. The zero-order valence-electron chi connectivity index (χ0n) is 10.3. The highest BCUT2D eigenvalue weighted by Gasteiger charge is 2.20. The van der Waals surface area contributed by atoms with Gasteiger partial charge in [-0.2, -0.15) is 0 Å². The van der Waals surface area contributed by atoms with Crippen LogP contribution in [0.25, 0.3) is 0 Å². The van der Waals surface area contributed by atoms with Crippen LogP contribution >= 0.6 is 24.8 Å². The SMILES string of the molecule is Cc1cccc(NC(=O)[C@@H]2CCCCN2)n1.Cl.Cl. The van der Waals surface area contributed by atoms with Crippen molar-refractivity contribution in [2.24, 2.45) is 0 Å². The Morgan fingerprint density at radius 3 is 2.78 bits per heavy atom. The molecule has 1 aliphatic heterocycles. The maximum atomic E-state index is 11.9. The van der Waals surface area contributed by atoms with Gasteiger partial charge in [-0.25, -0.2) is 4.98 Å². The summed E-state index contributed by atoms with van der Waals surface area (Å²) >= 11 is 0. The third-order valence-corrected chi connectivity index (χ3v) is 2.77. The van der Waals surface area contributed by atoms with Gasteiger partial charge in [0.15, 0.2) is 0 Å². The van der Waals surface area contributed by atoms with Gasteiger partial charge in [-0.3, -0.25) is 4.79 Å². The van der Waals surface area contributed by atoms with Crippen LogP contribution < -0.4 is 10.6 Å². The standard InChI is InChI=1S/C12H17N3O.2ClH/c1-9-5-4-7-11(14-9)15-12(16)10-6-2-3-8-13-10;;/h4-5,7,10,13H,2-3,6,8H2,1H3,(H,14,15,16);2*1H/t10-;;/m0../s1. The number of aromatic nitrogens is 1. The minimum absolute atomic E-state index is 0. The number of carbonyl (C=O) groups is 1. The number of anilines is 1. The smallest absolute Gasteiger partial charge is 0.242 e. The third-order valence-electron chi connectivity index (χ3n) is 2.77. The van der Waals surface area contributed by atoms with Crippen molar-refractivity contribution >= 4 is 36.5 Å². The lowest BCUT2D eigenvalue weighted by Crippen LogP contribution is -2.43. The summed E-state index contributed by atoms with van der Waals surface area (Å²) in [5, 5.41) is 6.05. The number of pyridine rings is 1. The summed E-state index contributed by atoms with van der Waals surface area (Å²) < 4.78 is 0. The lowest BCUT2D eigenvalue weighted by Gasteiger charge is -2.22. The molecule has 0 radical (unpaired) electrons. The lowest BCUT2D eigenvalue weighted by molar-refractivity contribution is -0.118. The summed E-state index contributed by atoms with van der Waals surface area (Å²) in [6.45, 7) is 2.84. The van der Waals surface area contributed by atoms with E-state index in [0.717, 1.165) is 31.5 Å². The number of rotatable bonds is 2. The average Bonchev–Trinajstić information content (AvgIpc) is 2.30. The van der Waals surface area contributed by atoms with Crippen LogP contribution in [0.3, 0.4) is 0 Å². The predicted molar refractivity (Wildman–Crippen MR) is 77.7 cm³/mol. The van der Waals surface area contributed by atoms with Crippen LogP contribution in [-0.4, -0.2) is 23.5 Å². The molecule has 1 atom stereocenters. The van der Waals surface area contributed by atoms with Crippen LogP contribution in [0.1, 0.15) is 25.0 Å². The predicted octanol–water partition coefficient (Wildman–Crippen LogP) is 2.31. The Labute approximate surface area is 120 Å². The highest BCUT2D eigenvalue weighted by molar-refractivity contribution is 5.94. The summed E-state index contributed by atoms with van der Waals surface area (Å²) in [7, 11) is 0. The van der Waals surface area contributed by atoms with E-state index in [2.05, 4.69) is 15.6 Å². The first kappa shape index (κ1) is 17.2. The van der Waals surface area contributed by atoms with E-state index in [1.165, 1.54) is 0 Å². The summed E-state index contributed by atoms with van der Waals surface area (Å²) in [6, 6.07) is 5.56. The highest BCUT2D eigenvalue weighted by Crippen LogP contribution is 2.10. The molecule has 1 saturated heterocycles. The molecule has 1 amide bonds. The van der Waals surface area contributed by atoms with E-state index >= 15 is 0 Å². The zero-order chi connectivity index (χ0) is 11.4. The fourth-order valence-electron chi connectivity index (χ4n) is 1.90. The van der Waals surface area contributed by atoms with E-state index in [-0.39, 0.29) is 36.8 Å². The number of piperidine rings is 1. The molecule has 0 spiro atoms. The summed E-state index contributed by atoms with van der Waals surface area (Å²) in [6.07, 6.45) is 3.19. The molecule has 2 rings (SSSR count). The van der Waals surface area contributed by atoms with Gasteiger partial charge in [0.1, 0.15) is 5.82 Å². The number of hydrogen-bond donors (Lipinski definition) is 2. The number of hydrogen-bond acceptors (Lipinski definition) is 3. The fraction of sp³-hybridized carbons (Fsp3) is 0.500. The Bertz CT molecular complexity index is 381. The van der Waals surface area contributed by atoms with Gasteiger partial charge < -0.3 is 10.6 Å². The molecular formula is C12H19Cl2N3O. The first-order valence-electron chi connectivity index (χ1n) is 5.73. The first-order valence-corrected chi connectivity index (χ1v) is 5.73. The van der Waals surface area contributed by atoms with Crippen LogP contribution in [0.2, 0.25) is 0 Å². The zero-order valence-corrected chi connectivity index (χ0v) is 11.9. The summed E-state index contributed by atoms with van der Waals surface area (Å²) in [5.41, 5.74) is 0.911. The van der Waals surface area contributed by atoms with Crippen LogP contribution in [-0.2, 0) is 4.79 Å². The van der Waals surface area contributed by atoms with Gasteiger partial charge in [-0.15, -0.1) is 24.8 Å². The molecule has 4 nitrogen and oxygen atoms in total. The molecule has 2 N–H and O–H groups in total. The number of amides is 1. The second kappa shape index (κ2) is 8.29. The molecule has 1 aromatic heterocycles. The molecule has 0 saturated carbocycles. The van der Waals surface area contributed by atoms with Gasteiger partial charge in [0.25, 0.3) is 0 Å². The van der Waals surface area contributed by atoms with E-state index in [0.29, 0.717) is 5.82 Å². The Morgan fingerprint density at radius 2 is 2.17 bits per heavy atom. The topological polar surface area (TPSA) is 54.0 Å². The Hall–Kier alpha value is -0.840. The van der Waals surface area contributed by atoms with Gasteiger partial charge in [-0.05, 0) is 38.4 Å². The van der Waals surface area contributed by atoms with Crippen molar-refractivity contribution in [3.05, 3.63) is 23.9 Å². The normalized spacial score (nSPS) is 18.2. The van der Waals surface area contributed by atoms with Crippen molar-refractivity contribution in [2.45, 2.75) is 32.2 Å². The van der Waals surface area contributed by atoms with Crippen molar-refractivity contribution in [3.63, 3.8) is 0 Å². The Balaban J connectivity index is 0.00000144. The van der Waals surface area contributed by atoms with Crippen molar-refractivity contribution in [3.8, 4) is 0 Å². The molecule has 18 heavy (non-hydrogen) atoms. The average molecular weight is 292 g/mol. The molecule has 1 aliphatic rings. The molecule has 1 fully saturated rings. The second-order valence-corrected chi connectivity index (χ2v) is 4.16. The van der Waals surface area contributed by atoms with Crippen molar-refractivity contribution in [1.82, 2.24) is 10.3 Å². The number of aryl methyl sites for hydroxylation is 1. The molecule has 6 heteroatoms. The van der Waals surface area contributed by atoms with Crippen LogP contribution in [0.4, 0.5) is 5.82 Å². The number of nitrogens with zero attached hydrogens (tertiary/aromatic N) is 1. The molecule has 102 valence electrons. The van der Waals surface area contributed by atoms with E-state index in [1.54, 1.807) is 0 Å². The van der Waals surface area contributed by atoms with Crippen molar-refractivity contribution < 1.29 is 4.79 Å². The van der Waals surface area contributed by atoms with E-state index in [4.69, 9.17) is 0 Å². The first-order chi connectivity index (χ1) is 7.75. The van der Waals surface area contributed by atoms with E-state index < -0.39 is 0 Å². The largest absolute Gasteiger partial charge is 0.309 e. The minimum atomic E-state index is -0.0592. The van der Waals surface area contributed by atoms with Crippen molar-refractivity contribution in [2.75, 3.05) is 11.9 Å². The second-order valence-electron chi connectivity index (χ2n) is 4.16. The maximum Gasteiger partial charge on any atom is 0.242 e. The fourth-order valence-corrected chi connectivity index (χ4v) is 1.90. The quantitative estimate of drug-likeness (QED) is 0.879. The van der Waals surface area contributed by atoms with Gasteiger partial charge in [-0.1, -0.05) is 12.5 Å². The van der Waals surface area contributed by atoms with Gasteiger partial charge in [0.05, 0.1) is 6.04 Å². The van der Waals surface area contributed by atoms with E-state index in [1.807, 2.05) is 25.1 Å². The molecule has 2 heterocycles. The third kappa shape index (κ3) is 4.80. The van der Waals surface area contributed by atoms with Crippen LogP contribution in [0.15, 0.2) is 18.2 Å². The summed E-state index contributed by atoms with van der Waals surface area (Å²) in [4.78, 5) is 16.1. The Morgan fingerprint density at radius 1 is 1.39 bits per heavy atom. The van der Waals surface area contributed by atoms with Crippen LogP contribution in [0, 0.1) is 6.92 Å². The maximum absolute atomic E-state index is 11.9. The summed E-state index contributed by atoms with van der Waals surface area (Å²) in [5.74, 6) is 0.662. The molecule has 0 aliphatic carbocycles. The highest BCUT2D eigenvalue weighted by atomic mass is 35.5. The van der Waals surface area contributed by atoms with Crippen LogP contribution in [0.5, 0.6) is 0 Å².